The average molecular weight is 412 g/mol. The Morgan fingerprint density at radius 1 is 0.935 bits per heavy atom. The number of carboxylic acid groups (broad SMARTS) is 1. The van der Waals surface area contributed by atoms with Gasteiger partial charge in [-0.15, -0.1) is 0 Å². The second-order valence-corrected chi connectivity index (χ2v) is 7.68. The zero-order chi connectivity index (χ0) is 21.8. The maximum absolute atomic E-state index is 11.5. The summed E-state index contributed by atoms with van der Waals surface area (Å²) < 4.78 is 6.23. The van der Waals surface area contributed by atoms with Gasteiger partial charge in [-0.25, -0.2) is 4.79 Å². The molecule has 4 nitrogen and oxygen atoms in total. The highest BCUT2D eigenvalue weighted by Crippen LogP contribution is 2.30. The van der Waals surface area contributed by atoms with Gasteiger partial charge in [-0.2, -0.15) is 0 Å². The van der Waals surface area contributed by atoms with Crippen LogP contribution in [0.25, 0.3) is 10.8 Å². The summed E-state index contributed by atoms with van der Waals surface area (Å²) in [6.45, 7) is 4.90. The van der Waals surface area contributed by atoms with Crippen molar-refractivity contribution < 1.29 is 14.6 Å². The molecule has 0 aromatic heterocycles. The Balaban J connectivity index is 1.64. The van der Waals surface area contributed by atoms with Crippen LogP contribution in [-0.2, 0) is 13.2 Å². The molecular weight excluding hydrogens is 386 g/mol. The van der Waals surface area contributed by atoms with Crippen LogP contribution in [0.3, 0.4) is 0 Å². The Morgan fingerprint density at radius 3 is 2.55 bits per heavy atom. The molecule has 0 spiro atoms. The Bertz CT molecular complexity index is 1250. The van der Waals surface area contributed by atoms with E-state index in [1.807, 2.05) is 37.3 Å². The van der Waals surface area contributed by atoms with Gasteiger partial charge in [-0.05, 0) is 53.9 Å². The van der Waals surface area contributed by atoms with Crippen LogP contribution in [0.4, 0.5) is 5.69 Å². The Kier molecular flexibility index (Phi) is 5.89. The first-order valence-corrected chi connectivity index (χ1v) is 10.3. The summed E-state index contributed by atoms with van der Waals surface area (Å²) in [5.41, 5.74) is 5.20. The smallest absolute Gasteiger partial charge is 0.336 e. The minimum atomic E-state index is -0.923. The van der Waals surface area contributed by atoms with Crippen molar-refractivity contribution in [2.45, 2.75) is 27.0 Å². The van der Waals surface area contributed by atoms with Crippen LogP contribution < -0.4 is 10.1 Å². The largest absolute Gasteiger partial charge is 0.489 e. The lowest BCUT2D eigenvalue weighted by molar-refractivity contribution is 0.0696. The number of hydrogen-bond donors (Lipinski definition) is 2. The van der Waals surface area contributed by atoms with E-state index in [-0.39, 0.29) is 0 Å². The van der Waals surface area contributed by atoms with Crippen molar-refractivity contribution in [1.82, 2.24) is 0 Å². The van der Waals surface area contributed by atoms with Crippen molar-refractivity contribution in [3.63, 3.8) is 0 Å². The van der Waals surface area contributed by atoms with Crippen molar-refractivity contribution >= 4 is 22.4 Å². The number of ether oxygens (including phenoxy) is 1. The highest BCUT2D eigenvalue weighted by molar-refractivity contribution is 5.91. The van der Waals surface area contributed by atoms with Crippen LogP contribution >= 0.6 is 0 Å². The van der Waals surface area contributed by atoms with Gasteiger partial charge in [0.05, 0.1) is 5.56 Å². The van der Waals surface area contributed by atoms with Gasteiger partial charge in [0.1, 0.15) is 12.4 Å². The van der Waals surface area contributed by atoms with Crippen LogP contribution in [0.5, 0.6) is 5.75 Å². The molecule has 0 saturated carbocycles. The fourth-order valence-corrected chi connectivity index (χ4v) is 3.84. The Hall–Kier alpha value is -3.79. The van der Waals surface area contributed by atoms with E-state index >= 15 is 0 Å². The van der Waals surface area contributed by atoms with Gasteiger partial charge in [-0.1, -0.05) is 66.2 Å². The minimum Gasteiger partial charge on any atom is -0.489 e. The van der Waals surface area contributed by atoms with Gasteiger partial charge in [0.25, 0.3) is 0 Å². The summed E-state index contributed by atoms with van der Waals surface area (Å²) in [6, 6.07) is 25.9. The molecule has 2 N–H and O–H groups in total. The molecule has 4 aromatic carbocycles. The third kappa shape index (κ3) is 4.53. The topological polar surface area (TPSA) is 58.6 Å². The number of nitrogens with one attached hydrogen (secondary N) is 1. The van der Waals surface area contributed by atoms with Crippen LogP contribution in [0.2, 0.25) is 0 Å². The molecule has 0 heterocycles. The normalized spacial score (nSPS) is 10.8. The Labute approximate surface area is 182 Å². The number of carboxylic acids is 1. The molecule has 156 valence electrons. The number of fused-ring (bicyclic) bond motifs is 1. The molecule has 0 radical (unpaired) electrons. The van der Waals surface area contributed by atoms with Gasteiger partial charge in [-0.3, -0.25) is 0 Å². The van der Waals surface area contributed by atoms with Gasteiger partial charge < -0.3 is 15.2 Å². The Morgan fingerprint density at radius 2 is 1.74 bits per heavy atom. The molecule has 0 aliphatic heterocycles. The van der Waals surface area contributed by atoms with Crippen LogP contribution in [0.15, 0.2) is 78.9 Å². The lowest BCUT2D eigenvalue weighted by Gasteiger charge is -2.17. The first kappa shape index (κ1) is 20.5. The zero-order valence-electron chi connectivity index (χ0n) is 17.7. The molecule has 31 heavy (non-hydrogen) atoms. The molecule has 0 aliphatic rings. The number of aryl methyl sites for hydroxylation is 1. The number of carbonyl (C=O) groups is 1. The molecule has 4 aromatic rings. The van der Waals surface area contributed by atoms with Crippen molar-refractivity contribution in [2.75, 3.05) is 5.32 Å². The molecule has 0 fully saturated rings. The number of rotatable bonds is 7. The van der Waals surface area contributed by atoms with Gasteiger partial charge >= 0.3 is 5.97 Å². The summed E-state index contributed by atoms with van der Waals surface area (Å²) in [5, 5.41) is 15.1. The molecule has 4 heteroatoms. The quantitative estimate of drug-likeness (QED) is 0.372. The molecule has 0 unspecified atom stereocenters. The van der Waals surface area contributed by atoms with Crippen molar-refractivity contribution in [3.05, 3.63) is 107 Å². The van der Waals surface area contributed by atoms with E-state index in [2.05, 4.69) is 48.6 Å². The maximum Gasteiger partial charge on any atom is 0.336 e. The van der Waals surface area contributed by atoms with Crippen LogP contribution in [0, 0.1) is 13.8 Å². The first-order chi connectivity index (χ1) is 15.0. The number of benzene rings is 4. The fourth-order valence-electron chi connectivity index (χ4n) is 3.84. The zero-order valence-corrected chi connectivity index (χ0v) is 17.7. The molecular formula is C27H25NO3. The van der Waals surface area contributed by atoms with Crippen molar-refractivity contribution in [1.29, 1.82) is 0 Å². The molecule has 0 atom stereocenters. The second-order valence-electron chi connectivity index (χ2n) is 7.68. The highest BCUT2D eigenvalue weighted by atomic mass is 16.5. The van der Waals surface area contributed by atoms with E-state index in [1.54, 1.807) is 12.1 Å². The van der Waals surface area contributed by atoms with Crippen molar-refractivity contribution in [2.24, 2.45) is 0 Å². The summed E-state index contributed by atoms with van der Waals surface area (Å²) in [7, 11) is 0. The van der Waals surface area contributed by atoms with Gasteiger partial charge in [0.15, 0.2) is 0 Å². The molecule has 0 aliphatic carbocycles. The van der Waals surface area contributed by atoms with Crippen LogP contribution in [0.1, 0.15) is 32.6 Å². The molecule has 0 saturated heterocycles. The van der Waals surface area contributed by atoms with E-state index in [4.69, 9.17) is 4.74 Å². The summed E-state index contributed by atoms with van der Waals surface area (Å²) in [4.78, 5) is 11.5. The maximum atomic E-state index is 11.5. The predicted octanol–water partition coefficient (Wildman–Crippen LogP) is 6.35. The minimum absolute atomic E-state index is 0.304. The summed E-state index contributed by atoms with van der Waals surface area (Å²) >= 11 is 0. The lowest BCUT2D eigenvalue weighted by atomic mass is 10.0. The lowest BCUT2D eigenvalue weighted by Crippen LogP contribution is -2.08. The monoisotopic (exact) mass is 411 g/mol. The van der Waals surface area contributed by atoms with E-state index in [0.29, 0.717) is 18.7 Å². The third-order valence-corrected chi connectivity index (χ3v) is 5.49. The van der Waals surface area contributed by atoms with E-state index < -0.39 is 5.97 Å². The number of anilines is 1. The number of hydrogen-bond acceptors (Lipinski definition) is 3. The van der Waals surface area contributed by atoms with Crippen molar-refractivity contribution in [3.8, 4) is 5.75 Å². The molecule has 0 bridgehead atoms. The van der Waals surface area contributed by atoms with E-state index in [9.17, 15) is 9.90 Å². The summed E-state index contributed by atoms with van der Waals surface area (Å²) in [6.07, 6.45) is 0. The third-order valence-electron chi connectivity index (χ3n) is 5.49. The van der Waals surface area contributed by atoms with E-state index in [0.717, 1.165) is 38.9 Å². The standard InChI is InChI=1S/C27H25NO3/c1-18-7-5-8-20(15-18)17-31-26-14-13-21-9-3-4-10-23(21)24(26)16-28-25-12-6-11-22(19(25)2)27(29)30/h3-15,28H,16-17H2,1-2H3,(H,29,30). The van der Waals surface area contributed by atoms with Crippen LogP contribution in [-0.4, -0.2) is 11.1 Å². The first-order valence-electron chi connectivity index (χ1n) is 10.3. The SMILES string of the molecule is Cc1cccc(COc2ccc3ccccc3c2CNc2cccc(C(=O)O)c2C)c1. The van der Waals surface area contributed by atoms with Gasteiger partial charge in [0, 0.05) is 17.8 Å². The average Bonchev–Trinajstić information content (AvgIpc) is 2.77. The molecule has 0 amide bonds. The van der Waals surface area contributed by atoms with E-state index in [1.165, 1.54) is 5.56 Å². The molecule has 4 rings (SSSR count). The highest BCUT2D eigenvalue weighted by Gasteiger charge is 2.13. The summed E-state index contributed by atoms with van der Waals surface area (Å²) in [5.74, 6) is -0.103. The van der Waals surface area contributed by atoms with Gasteiger partial charge in [0.2, 0.25) is 0 Å². The fraction of sp³-hybridized carbons (Fsp3) is 0.148. The predicted molar refractivity (Wildman–Crippen MR) is 125 cm³/mol. The number of aromatic carboxylic acids is 1. The second kappa shape index (κ2) is 8.92.